The van der Waals surface area contributed by atoms with E-state index >= 15 is 4.39 Å². The predicted molar refractivity (Wildman–Crippen MR) is 189 cm³/mol. The monoisotopic (exact) mass is 668 g/mol. The first kappa shape index (κ1) is 32.7. The van der Waals surface area contributed by atoms with Crippen molar-refractivity contribution < 1.29 is 23.4 Å². The number of methoxy groups -OCH3 is 2. The number of ether oxygens (including phenoxy) is 3. The molecule has 1 aliphatic carbocycles. The summed E-state index contributed by atoms with van der Waals surface area (Å²) < 4.78 is 35.7. The minimum absolute atomic E-state index is 0.128. The molecule has 0 bridgehead atoms. The van der Waals surface area contributed by atoms with Crippen LogP contribution in [0, 0.1) is 12.3 Å². The van der Waals surface area contributed by atoms with E-state index in [1.54, 1.807) is 49.5 Å². The maximum Gasteiger partial charge on any atom is 0.256 e. The molecule has 1 fully saturated rings. The summed E-state index contributed by atoms with van der Waals surface area (Å²) in [5.74, 6) is 0.869. The molecule has 1 unspecified atom stereocenters. The summed E-state index contributed by atoms with van der Waals surface area (Å²) in [6, 6.07) is 33.5. The average molecular weight is 669 g/mol. The molecule has 50 heavy (non-hydrogen) atoms. The molecule has 6 aromatic rings. The van der Waals surface area contributed by atoms with Crippen LogP contribution in [0.3, 0.4) is 0 Å². The van der Waals surface area contributed by atoms with Crippen LogP contribution < -0.4 is 14.8 Å². The van der Waals surface area contributed by atoms with Gasteiger partial charge in [-0.05, 0) is 58.7 Å². The number of fused-ring (bicyclic) bond motifs is 1. The first-order valence-electron chi connectivity index (χ1n) is 16.1. The summed E-state index contributed by atoms with van der Waals surface area (Å²) in [6.45, 7) is 4.49. The fourth-order valence-corrected chi connectivity index (χ4v) is 6.57. The zero-order valence-corrected chi connectivity index (χ0v) is 27.6. The summed E-state index contributed by atoms with van der Waals surface area (Å²) in [4.78, 5) is 26.0. The zero-order chi connectivity index (χ0) is 34.7. The van der Waals surface area contributed by atoms with Crippen molar-refractivity contribution in [2.24, 2.45) is 5.92 Å². The number of hydrogen-bond acceptors (Lipinski definition) is 7. The molecule has 4 aromatic carbocycles. The zero-order valence-electron chi connectivity index (χ0n) is 27.6. The van der Waals surface area contributed by atoms with Gasteiger partial charge in [-0.1, -0.05) is 79.4 Å². The second kappa shape index (κ2) is 13.9. The highest BCUT2D eigenvalue weighted by molar-refractivity contribution is 6.06. The number of imidazole rings is 1. The van der Waals surface area contributed by atoms with E-state index in [-0.39, 0.29) is 18.3 Å². The van der Waals surface area contributed by atoms with Crippen molar-refractivity contribution in [2.75, 3.05) is 26.1 Å². The molecule has 1 N–H and O–H groups in total. The minimum Gasteiger partial charge on any atom is -0.497 e. The molecular formula is C40H35FN5O4. The van der Waals surface area contributed by atoms with Crippen LogP contribution in [0.4, 0.5) is 10.2 Å². The van der Waals surface area contributed by atoms with Crippen molar-refractivity contribution in [1.82, 2.24) is 19.5 Å². The fraction of sp³-hybridized carbons (Fsp3) is 0.175. The lowest BCUT2D eigenvalue weighted by Crippen LogP contribution is -2.34. The molecule has 0 saturated heterocycles. The van der Waals surface area contributed by atoms with Crippen LogP contribution in [0.2, 0.25) is 0 Å². The highest BCUT2D eigenvalue weighted by Gasteiger charge is 2.44. The summed E-state index contributed by atoms with van der Waals surface area (Å²) in [6.07, 6.45) is 3.06. The molecule has 1 amide bonds. The van der Waals surface area contributed by atoms with Crippen LogP contribution in [0.5, 0.6) is 11.5 Å². The number of amides is 1. The number of carbonyl (C=O) groups is 1. The standard InChI is InChI=1S/C40H35FN5O4/c1-26-28(22-34(41)36(26)46-25-44-35-37(42-24-43-38(35)46)45-39(47)27-10-6-4-7-11-27)23-50-40(29-12-8-5-9-13-29,30-14-18-32(48-2)19-15-30)31-16-20-33(49-3)21-17-31/h4-22,24-25,28,34,36H,1,23H2,2-3H3,(H,42,43,45,47)/t28-,34?,36+/m0/s1. The SMILES string of the molecule is C=C1[C@@H](n2cnc3c(NC(=O)c4ccccc4)ncnc32)C(F)[CH][C@H]1COC(c1ccccc1)(c1ccc(OC)cc1)c1ccc(OC)cc1. The third kappa shape index (κ3) is 5.98. The summed E-state index contributed by atoms with van der Waals surface area (Å²) >= 11 is 0. The second-order valence-electron chi connectivity index (χ2n) is 11.9. The lowest BCUT2D eigenvalue weighted by molar-refractivity contribution is 0.00262. The Hall–Kier alpha value is -5.87. The molecule has 9 nitrogen and oxygen atoms in total. The molecule has 2 aromatic heterocycles. The van der Waals surface area contributed by atoms with Crippen molar-refractivity contribution in [3.8, 4) is 11.5 Å². The van der Waals surface area contributed by atoms with Gasteiger partial charge in [0.05, 0.1) is 33.2 Å². The highest BCUT2D eigenvalue weighted by atomic mass is 19.1. The molecule has 7 rings (SSSR count). The van der Waals surface area contributed by atoms with E-state index in [1.165, 1.54) is 12.7 Å². The molecule has 251 valence electrons. The smallest absolute Gasteiger partial charge is 0.256 e. The van der Waals surface area contributed by atoms with Crippen molar-refractivity contribution in [3.63, 3.8) is 0 Å². The largest absolute Gasteiger partial charge is 0.497 e. The molecule has 1 saturated carbocycles. The van der Waals surface area contributed by atoms with Gasteiger partial charge in [-0.3, -0.25) is 4.79 Å². The van der Waals surface area contributed by atoms with Gasteiger partial charge in [0, 0.05) is 17.9 Å². The van der Waals surface area contributed by atoms with Crippen molar-refractivity contribution >= 4 is 22.9 Å². The number of hydrogen-bond donors (Lipinski definition) is 1. The first-order chi connectivity index (χ1) is 24.4. The summed E-state index contributed by atoms with van der Waals surface area (Å²) in [5, 5.41) is 2.81. The Balaban J connectivity index is 1.21. The molecule has 2 heterocycles. The van der Waals surface area contributed by atoms with Gasteiger partial charge >= 0.3 is 0 Å². The molecule has 1 radical (unpaired) electrons. The van der Waals surface area contributed by atoms with Crippen LogP contribution in [-0.4, -0.2) is 52.4 Å². The summed E-state index contributed by atoms with van der Waals surface area (Å²) in [5.41, 5.74) is 3.37. The lowest BCUT2D eigenvalue weighted by Gasteiger charge is -2.37. The van der Waals surface area contributed by atoms with Gasteiger partial charge in [-0.25, -0.2) is 19.3 Å². The van der Waals surface area contributed by atoms with E-state index in [4.69, 9.17) is 14.2 Å². The second-order valence-corrected chi connectivity index (χ2v) is 11.9. The van der Waals surface area contributed by atoms with E-state index in [0.717, 1.165) is 16.7 Å². The Kier molecular flexibility index (Phi) is 9.10. The Morgan fingerprint density at radius 1 is 0.820 bits per heavy atom. The summed E-state index contributed by atoms with van der Waals surface area (Å²) in [7, 11) is 3.25. The van der Waals surface area contributed by atoms with Gasteiger partial charge in [0.25, 0.3) is 5.91 Å². The molecule has 3 atom stereocenters. The fourth-order valence-electron chi connectivity index (χ4n) is 6.57. The number of halogens is 1. The van der Waals surface area contributed by atoms with Crippen molar-refractivity contribution in [2.45, 2.75) is 17.8 Å². The van der Waals surface area contributed by atoms with Crippen LogP contribution in [0.15, 0.2) is 134 Å². The predicted octanol–water partition coefficient (Wildman–Crippen LogP) is 7.37. The Morgan fingerprint density at radius 2 is 1.40 bits per heavy atom. The van der Waals surface area contributed by atoms with Gasteiger partial charge in [-0.15, -0.1) is 0 Å². The first-order valence-corrected chi connectivity index (χ1v) is 16.1. The number of alkyl halides is 1. The van der Waals surface area contributed by atoms with E-state index in [9.17, 15) is 4.79 Å². The maximum atomic E-state index is 16.1. The Morgan fingerprint density at radius 3 is 2.00 bits per heavy atom. The van der Waals surface area contributed by atoms with Crippen LogP contribution >= 0.6 is 0 Å². The van der Waals surface area contributed by atoms with Crippen molar-refractivity contribution in [3.05, 3.63) is 163 Å². The molecule has 1 aliphatic rings. The van der Waals surface area contributed by atoms with Crippen molar-refractivity contribution in [1.29, 1.82) is 0 Å². The normalized spacial score (nSPS) is 17.5. The van der Waals surface area contributed by atoms with E-state index in [2.05, 4.69) is 26.8 Å². The van der Waals surface area contributed by atoms with Gasteiger partial charge in [0.2, 0.25) is 0 Å². The highest BCUT2D eigenvalue weighted by Crippen LogP contribution is 2.46. The van der Waals surface area contributed by atoms with Crippen LogP contribution in [0.25, 0.3) is 11.2 Å². The molecule has 10 heteroatoms. The molecule has 0 spiro atoms. The van der Waals surface area contributed by atoms with Gasteiger partial charge in [-0.2, -0.15) is 0 Å². The number of anilines is 1. The Labute approximate surface area is 289 Å². The third-order valence-electron chi connectivity index (χ3n) is 9.15. The number of nitrogens with one attached hydrogen (secondary N) is 1. The maximum absolute atomic E-state index is 16.1. The van der Waals surface area contributed by atoms with Crippen LogP contribution in [-0.2, 0) is 10.3 Å². The lowest BCUT2D eigenvalue weighted by atomic mass is 9.79. The van der Waals surface area contributed by atoms with Gasteiger partial charge in [0.1, 0.15) is 29.6 Å². The number of benzene rings is 4. The van der Waals surface area contributed by atoms with Gasteiger partial charge in [0.15, 0.2) is 17.0 Å². The van der Waals surface area contributed by atoms with E-state index in [1.807, 2.05) is 84.9 Å². The van der Waals surface area contributed by atoms with Crippen LogP contribution in [0.1, 0.15) is 33.1 Å². The minimum atomic E-state index is -1.40. The quantitative estimate of drug-likeness (QED) is 0.114. The average Bonchev–Trinajstić information content (AvgIpc) is 3.72. The number of carbonyl (C=O) groups excluding carboxylic acids is 1. The van der Waals surface area contributed by atoms with E-state index in [0.29, 0.717) is 33.8 Å². The van der Waals surface area contributed by atoms with E-state index < -0.39 is 23.7 Å². The van der Waals surface area contributed by atoms with Gasteiger partial charge < -0.3 is 24.1 Å². The molecule has 0 aliphatic heterocycles. The molecular weight excluding hydrogens is 633 g/mol. The number of nitrogens with zero attached hydrogens (tertiary/aromatic N) is 4. The third-order valence-corrected chi connectivity index (χ3v) is 9.15. The number of aromatic nitrogens is 4. The number of rotatable bonds is 11. The topological polar surface area (TPSA) is 100 Å². The Bertz CT molecular complexity index is 2060.